The fourth-order valence-corrected chi connectivity index (χ4v) is 0.969. The normalized spacial score (nSPS) is 11.5. The molecule has 1 aromatic heterocycles. The van der Waals surface area contributed by atoms with Gasteiger partial charge in [-0.1, -0.05) is 13.3 Å². The quantitative estimate of drug-likeness (QED) is 0.839. The highest BCUT2D eigenvalue weighted by Gasteiger charge is 2.35. The molecule has 0 bridgehead atoms. The van der Waals surface area contributed by atoms with Gasteiger partial charge in [0.05, 0.1) is 0 Å². The number of amides is 1. The number of nitrogens with zero attached hydrogens (tertiary/aromatic N) is 2. The molecule has 0 aliphatic rings. The first kappa shape index (κ1) is 12.5. The molecule has 0 unspecified atom stereocenters. The third-order valence-electron chi connectivity index (χ3n) is 1.76. The maximum absolute atomic E-state index is 12.1. The molecule has 0 aliphatic carbocycles. The molecule has 1 heterocycles. The molecule has 1 rings (SSSR count). The Morgan fingerprint density at radius 1 is 1.50 bits per heavy atom. The second-order valence-electron chi connectivity index (χ2n) is 3.16. The SMILES string of the molecule is CCCCC(=O)Nc1n[nH]c(C(F)(F)F)n1. The van der Waals surface area contributed by atoms with Crippen molar-refractivity contribution in [2.45, 2.75) is 32.4 Å². The van der Waals surface area contributed by atoms with Gasteiger partial charge in [0.15, 0.2) is 0 Å². The molecule has 0 fully saturated rings. The van der Waals surface area contributed by atoms with Gasteiger partial charge in [-0.2, -0.15) is 18.2 Å². The monoisotopic (exact) mass is 236 g/mol. The van der Waals surface area contributed by atoms with Crippen molar-refractivity contribution in [2.75, 3.05) is 5.32 Å². The standard InChI is InChI=1S/C8H11F3N4O/c1-2-3-4-5(16)12-7-13-6(14-15-7)8(9,10)11/h2-4H2,1H3,(H2,12,13,14,15,16). The van der Waals surface area contributed by atoms with Gasteiger partial charge in [-0.05, 0) is 6.42 Å². The molecular weight excluding hydrogens is 225 g/mol. The summed E-state index contributed by atoms with van der Waals surface area (Å²) in [6.07, 6.45) is -2.84. The number of aromatic amines is 1. The third-order valence-corrected chi connectivity index (χ3v) is 1.76. The Kier molecular flexibility index (Phi) is 3.86. The molecule has 0 saturated heterocycles. The molecule has 5 nitrogen and oxygen atoms in total. The Balaban J connectivity index is 2.56. The van der Waals surface area contributed by atoms with Gasteiger partial charge in [-0.15, -0.1) is 5.10 Å². The van der Waals surface area contributed by atoms with Crippen LogP contribution < -0.4 is 5.32 Å². The first-order valence-electron chi connectivity index (χ1n) is 4.73. The van der Waals surface area contributed by atoms with Gasteiger partial charge < -0.3 is 0 Å². The number of carbonyl (C=O) groups is 1. The summed E-state index contributed by atoms with van der Waals surface area (Å²) >= 11 is 0. The number of unbranched alkanes of at least 4 members (excludes halogenated alkanes) is 1. The second kappa shape index (κ2) is 4.95. The van der Waals surface area contributed by atoms with Crippen LogP contribution in [0.5, 0.6) is 0 Å². The summed E-state index contributed by atoms with van der Waals surface area (Å²) in [7, 11) is 0. The Bertz CT molecular complexity index is 360. The van der Waals surface area contributed by atoms with E-state index in [0.717, 1.165) is 6.42 Å². The smallest absolute Gasteiger partial charge is 0.293 e. The van der Waals surface area contributed by atoms with Crippen molar-refractivity contribution < 1.29 is 18.0 Å². The van der Waals surface area contributed by atoms with E-state index in [1.54, 1.807) is 5.10 Å². The summed E-state index contributed by atoms with van der Waals surface area (Å²) in [5, 5.41) is 7.13. The zero-order valence-electron chi connectivity index (χ0n) is 8.56. The minimum Gasteiger partial charge on any atom is -0.293 e. The largest absolute Gasteiger partial charge is 0.451 e. The van der Waals surface area contributed by atoms with E-state index in [9.17, 15) is 18.0 Å². The molecule has 1 amide bonds. The molecule has 0 saturated carbocycles. The maximum atomic E-state index is 12.1. The van der Waals surface area contributed by atoms with Crippen LogP contribution in [0.4, 0.5) is 19.1 Å². The summed E-state index contributed by atoms with van der Waals surface area (Å²) in [6.45, 7) is 1.90. The van der Waals surface area contributed by atoms with Crippen LogP contribution in [0.15, 0.2) is 0 Å². The van der Waals surface area contributed by atoms with Gasteiger partial charge in [-0.25, -0.2) is 0 Å². The number of carbonyl (C=O) groups excluding carboxylic acids is 1. The number of hydrogen-bond donors (Lipinski definition) is 2. The van der Waals surface area contributed by atoms with Gasteiger partial charge in [0.2, 0.25) is 17.7 Å². The van der Waals surface area contributed by atoms with Crippen LogP contribution >= 0.6 is 0 Å². The van der Waals surface area contributed by atoms with Crippen LogP contribution in [0.3, 0.4) is 0 Å². The first-order chi connectivity index (χ1) is 7.43. The molecule has 1 aromatic rings. The molecule has 0 spiro atoms. The average Bonchev–Trinajstić information content (AvgIpc) is 2.62. The van der Waals surface area contributed by atoms with Crippen molar-refractivity contribution in [3.63, 3.8) is 0 Å². The molecular formula is C8H11F3N4O. The number of aromatic nitrogens is 3. The third kappa shape index (κ3) is 3.52. The lowest BCUT2D eigenvalue weighted by Gasteiger charge is -1.99. The fraction of sp³-hybridized carbons (Fsp3) is 0.625. The van der Waals surface area contributed by atoms with E-state index in [4.69, 9.17) is 0 Å². The van der Waals surface area contributed by atoms with E-state index in [2.05, 4.69) is 15.4 Å². The van der Waals surface area contributed by atoms with Gasteiger partial charge in [0, 0.05) is 6.42 Å². The lowest BCUT2D eigenvalue weighted by atomic mass is 10.2. The zero-order valence-corrected chi connectivity index (χ0v) is 8.56. The topological polar surface area (TPSA) is 70.7 Å². The minimum atomic E-state index is -4.58. The summed E-state index contributed by atoms with van der Waals surface area (Å²) in [6, 6.07) is 0. The Hall–Kier alpha value is -1.60. The van der Waals surface area contributed by atoms with Crippen molar-refractivity contribution in [3.8, 4) is 0 Å². The molecule has 0 radical (unpaired) electrons. The maximum Gasteiger partial charge on any atom is 0.451 e. The summed E-state index contributed by atoms with van der Waals surface area (Å²) in [4.78, 5) is 14.2. The Morgan fingerprint density at radius 3 is 2.69 bits per heavy atom. The van der Waals surface area contributed by atoms with Gasteiger partial charge >= 0.3 is 6.18 Å². The van der Waals surface area contributed by atoms with Crippen LogP contribution in [0.2, 0.25) is 0 Å². The van der Waals surface area contributed by atoms with Crippen molar-refractivity contribution in [3.05, 3.63) is 5.82 Å². The first-order valence-corrected chi connectivity index (χ1v) is 4.73. The lowest BCUT2D eigenvalue weighted by molar-refractivity contribution is -0.144. The fourth-order valence-electron chi connectivity index (χ4n) is 0.969. The molecule has 90 valence electrons. The van der Waals surface area contributed by atoms with Crippen LogP contribution in [-0.2, 0) is 11.0 Å². The second-order valence-corrected chi connectivity index (χ2v) is 3.16. The summed E-state index contributed by atoms with van der Waals surface area (Å²) in [5.74, 6) is -1.97. The molecule has 0 aliphatic heterocycles. The van der Waals surface area contributed by atoms with Crippen molar-refractivity contribution >= 4 is 11.9 Å². The predicted octanol–water partition coefficient (Wildman–Crippen LogP) is 1.95. The minimum absolute atomic E-state index is 0.242. The van der Waals surface area contributed by atoms with Crippen LogP contribution in [0.1, 0.15) is 32.0 Å². The number of alkyl halides is 3. The summed E-state index contributed by atoms with van der Waals surface area (Å²) in [5.41, 5.74) is 0. The van der Waals surface area contributed by atoms with E-state index in [0.29, 0.717) is 6.42 Å². The van der Waals surface area contributed by atoms with E-state index in [-0.39, 0.29) is 12.4 Å². The molecule has 0 aromatic carbocycles. The summed E-state index contributed by atoms with van der Waals surface area (Å²) < 4.78 is 36.3. The van der Waals surface area contributed by atoms with E-state index in [1.165, 1.54) is 0 Å². The Labute approximate surface area is 89.4 Å². The highest BCUT2D eigenvalue weighted by Crippen LogP contribution is 2.26. The predicted molar refractivity (Wildman–Crippen MR) is 49.5 cm³/mol. The molecule has 0 atom stereocenters. The van der Waals surface area contributed by atoms with Crippen LogP contribution in [-0.4, -0.2) is 21.1 Å². The van der Waals surface area contributed by atoms with Crippen LogP contribution in [0.25, 0.3) is 0 Å². The van der Waals surface area contributed by atoms with Gasteiger partial charge in [-0.3, -0.25) is 15.2 Å². The molecule has 8 heteroatoms. The highest BCUT2D eigenvalue weighted by molar-refractivity contribution is 5.88. The molecule has 2 N–H and O–H groups in total. The van der Waals surface area contributed by atoms with Crippen LogP contribution in [0, 0.1) is 0 Å². The number of rotatable bonds is 4. The lowest BCUT2D eigenvalue weighted by Crippen LogP contribution is -2.12. The van der Waals surface area contributed by atoms with Crippen molar-refractivity contribution in [1.82, 2.24) is 15.2 Å². The Morgan fingerprint density at radius 2 is 2.19 bits per heavy atom. The van der Waals surface area contributed by atoms with Gasteiger partial charge in [0.1, 0.15) is 0 Å². The molecule has 16 heavy (non-hydrogen) atoms. The number of anilines is 1. The number of H-pyrrole nitrogens is 1. The van der Waals surface area contributed by atoms with Gasteiger partial charge in [0.25, 0.3) is 0 Å². The number of nitrogens with one attached hydrogen (secondary N) is 2. The van der Waals surface area contributed by atoms with Crippen molar-refractivity contribution in [2.24, 2.45) is 0 Å². The average molecular weight is 236 g/mol. The van der Waals surface area contributed by atoms with E-state index < -0.39 is 17.9 Å². The zero-order chi connectivity index (χ0) is 12.2. The van der Waals surface area contributed by atoms with E-state index >= 15 is 0 Å². The van der Waals surface area contributed by atoms with E-state index in [1.807, 2.05) is 6.92 Å². The number of halogens is 3. The van der Waals surface area contributed by atoms with Crippen molar-refractivity contribution in [1.29, 1.82) is 0 Å². The number of hydrogen-bond acceptors (Lipinski definition) is 3. The highest BCUT2D eigenvalue weighted by atomic mass is 19.4.